The first-order valence-electron chi connectivity index (χ1n) is 10.5. The SMILES string of the molecule is Cc1ccc(NC(=O)[C@H](C)n2nc(-c3ccc(C)cc3)cc(NC(=O)C(C)C)c2=O)cc1. The topological polar surface area (TPSA) is 93.1 Å². The maximum absolute atomic E-state index is 13.1. The van der Waals surface area contributed by atoms with Crippen molar-refractivity contribution in [1.82, 2.24) is 9.78 Å². The lowest BCUT2D eigenvalue weighted by molar-refractivity contribution is -0.119. The maximum atomic E-state index is 13.1. The fourth-order valence-corrected chi connectivity index (χ4v) is 3.00. The molecule has 0 aliphatic rings. The molecule has 3 rings (SSSR count). The molecule has 3 aromatic rings. The van der Waals surface area contributed by atoms with Gasteiger partial charge in [-0.05, 0) is 39.0 Å². The van der Waals surface area contributed by atoms with Crippen molar-refractivity contribution in [2.75, 3.05) is 10.6 Å². The molecule has 0 fully saturated rings. The van der Waals surface area contributed by atoms with Crippen molar-refractivity contribution < 1.29 is 9.59 Å². The first-order chi connectivity index (χ1) is 15.2. The Labute approximate surface area is 187 Å². The number of nitrogens with zero attached hydrogens (tertiary/aromatic N) is 2. The normalized spacial score (nSPS) is 11.8. The summed E-state index contributed by atoms with van der Waals surface area (Å²) in [6, 6.07) is 15.7. The summed E-state index contributed by atoms with van der Waals surface area (Å²) in [5, 5.41) is 9.94. The average molecular weight is 433 g/mol. The molecule has 0 aliphatic heterocycles. The number of benzene rings is 2. The fraction of sp³-hybridized carbons (Fsp3) is 0.280. The summed E-state index contributed by atoms with van der Waals surface area (Å²) in [4.78, 5) is 38.3. The van der Waals surface area contributed by atoms with Crippen molar-refractivity contribution in [3.63, 3.8) is 0 Å². The monoisotopic (exact) mass is 432 g/mol. The fourth-order valence-electron chi connectivity index (χ4n) is 3.00. The van der Waals surface area contributed by atoms with Crippen LogP contribution in [0.25, 0.3) is 11.3 Å². The number of carbonyl (C=O) groups excluding carboxylic acids is 2. The van der Waals surface area contributed by atoms with E-state index in [4.69, 9.17) is 0 Å². The first-order valence-corrected chi connectivity index (χ1v) is 10.5. The molecule has 0 aliphatic carbocycles. The number of hydrogen-bond donors (Lipinski definition) is 2. The van der Waals surface area contributed by atoms with Gasteiger partial charge in [0, 0.05) is 17.2 Å². The molecule has 1 atom stereocenters. The van der Waals surface area contributed by atoms with Crippen LogP contribution >= 0.6 is 0 Å². The van der Waals surface area contributed by atoms with Gasteiger partial charge < -0.3 is 10.6 Å². The van der Waals surface area contributed by atoms with Gasteiger partial charge in [0.1, 0.15) is 11.7 Å². The predicted octanol–water partition coefficient (Wildman–Crippen LogP) is 4.32. The minimum Gasteiger partial charge on any atom is -0.324 e. The van der Waals surface area contributed by atoms with Crippen molar-refractivity contribution >= 4 is 23.2 Å². The lowest BCUT2D eigenvalue weighted by Crippen LogP contribution is -2.36. The molecule has 0 bridgehead atoms. The standard InChI is InChI=1S/C25H28N4O3/c1-15(2)23(30)27-22-14-21(19-10-6-16(3)7-11-19)28-29(25(22)32)18(5)24(31)26-20-12-8-17(4)9-13-20/h6-15,18H,1-5H3,(H,26,31)(H,27,30)/t18-/m0/s1. The van der Waals surface area contributed by atoms with Gasteiger partial charge in [-0.15, -0.1) is 0 Å². The van der Waals surface area contributed by atoms with Crippen LogP contribution in [0.2, 0.25) is 0 Å². The quantitative estimate of drug-likeness (QED) is 0.607. The van der Waals surface area contributed by atoms with E-state index in [0.717, 1.165) is 21.4 Å². The Morgan fingerprint density at radius 1 is 0.844 bits per heavy atom. The number of aromatic nitrogens is 2. The van der Waals surface area contributed by atoms with Gasteiger partial charge in [0.15, 0.2) is 0 Å². The number of carbonyl (C=O) groups is 2. The molecule has 0 unspecified atom stereocenters. The van der Waals surface area contributed by atoms with E-state index in [-0.39, 0.29) is 23.4 Å². The summed E-state index contributed by atoms with van der Waals surface area (Å²) < 4.78 is 1.12. The lowest BCUT2D eigenvalue weighted by Gasteiger charge is -2.17. The summed E-state index contributed by atoms with van der Waals surface area (Å²) in [6.45, 7) is 9.03. The van der Waals surface area contributed by atoms with E-state index in [1.165, 1.54) is 0 Å². The highest BCUT2D eigenvalue weighted by atomic mass is 16.2. The molecule has 2 amide bonds. The Morgan fingerprint density at radius 2 is 1.41 bits per heavy atom. The van der Waals surface area contributed by atoms with E-state index >= 15 is 0 Å². The molecule has 1 heterocycles. The zero-order chi connectivity index (χ0) is 23.4. The van der Waals surface area contributed by atoms with Gasteiger partial charge in [-0.2, -0.15) is 5.10 Å². The predicted molar refractivity (Wildman–Crippen MR) is 127 cm³/mol. The molecule has 0 saturated carbocycles. The van der Waals surface area contributed by atoms with Crippen molar-refractivity contribution in [3.8, 4) is 11.3 Å². The van der Waals surface area contributed by atoms with Crippen LogP contribution in [-0.4, -0.2) is 21.6 Å². The number of rotatable bonds is 6. The molecular formula is C25H28N4O3. The number of hydrogen-bond acceptors (Lipinski definition) is 4. The Bertz CT molecular complexity index is 1180. The molecule has 0 radical (unpaired) electrons. The van der Waals surface area contributed by atoms with E-state index < -0.39 is 11.6 Å². The molecule has 1 aromatic heterocycles. The van der Waals surface area contributed by atoms with Gasteiger partial charge in [0.05, 0.1) is 5.69 Å². The highest BCUT2D eigenvalue weighted by Crippen LogP contribution is 2.21. The summed E-state index contributed by atoms with van der Waals surface area (Å²) in [7, 11) is 0. The van der Waals surface area contributed by atoms with Crippen molar-refractivity contribution in [2.24, 2.45) is 5.92 Å². The summed E-state index contributed by atoms with van der Waals surface area (Å²) >= 11 is 0. The molecular weight excluding hydrogens is 404 g/mol. The zero-order valence-electron chi connectivity index (χ0n) is 19.0. The van der Waals surface area contributed by atoms with E-state index in [1.807, 2.05) is 50.2 Å². The molecule has 2 aromatic carbocycles. The second-order valence-electron chi connectivity index (χ2n) is 8.23. The Morgan fingerprint density at radius 3 is 1.97 bits per heavy atom. The third-order valence-corrected chi connectivity index (χ3v) is 5.13. The Kier molecular flexibility index (Phi) is 6.88. The first kappa shape index (κ1) is 22.9. The second kappa shape index (κ2) is 9.60. The van der Waals surface area contributed by atoms with Crippen molar-refractivity contribution in [3.05, 3.63) is 76.1 Å². The van der Waals surface area contributed by atoms with E-state index in [0.29, 0.717) is 11.4 Å². The van der Waals surface area contributed by atoms with Crippen LogP contribution in [-0.2, 0) is 9.59 Å². The summed E-state index contributed by atoms with van der Waals surface area (Å²) in [6.07, 6.45) is 0. The number of anilines is 2. The number of amides is 2. The molecule has 0 saturated heterocycles. The van der Waals surface area contributed by atoms with Crippen LogP contribution in [0.5, 0.6) is 0 Å². The number of aryl methyl sites for hydroxylation is 2. The molecule has 166 valence electrons. The Hall–Kier alpha value is -3.74. The van der Waals surface area contributed by atoms with Crippen molar-refractivity contribution in [1.29, 1.82) is 0 Å². The van der Waals surface area contributed by atoms with Crippen LogP contribution in [0.3, 0.4) is 0 Å². The lowest BCUT2D eigenvalue weighted by atomic mass is 10.1. The minimum atomic E-state index is -0.899. The smallest absolute Gasteiger partial charge is 0.291 e. The van der Waals surface area contributed by atoms with Crippen molar-refractivity contribution in [2.45, 2.75) is 40.7 Å². The third-order valence-electron chi connectivity index (χ3n) is 5.13. The van der Waals surface area contributed by atoms with Gasteiger partial charge in [-0.3, -0.25) is 14.4 Å². The maximum Gasteiger partial charge on any atom is 0.291 e. The summed E-state index contributed by atoms with van der Waals surface area (Å²) in [5.41, 5.74) is 3.59. The molecule has 7 nitrogen and oxygen atoms in total. The highest BCUT2D eigenvalue weighted by Gasteiger charge is 2.22. The minimum absolute atomic E-state index is 0.0873. The molecule has 0 spiro atoms. The van der Waals surface area contributed by atoms with Crippen LogP contribution in [0, 0.1) is 19.8 Å². The van der Waals surface area contributed by atoms with Gasteiger partial charge >= 0.3 is 0 Å². The van der Waals surface area contributed by atoms with Crippen LogP contribution in [0.4, 0.5) is 11.4 Å². The summed E-state index contributed by atoms with van der Waals surface area (Å²) in [5.74, 6) is -0.974. The molecule has 32 heavy (non-hydrogen) atoms. The second-order valence-corrected chi connectivity index (χ2v) is 8.23. The Balaban J connectivity index is 2.01. The third kappa shape index (κ3) is 5.29. The van der Waals surface area contributed by atoms with Gasteiger partial charge in [0.2, 0.25) is 11.8 Å². The number of nitrogens with one attached hydrogen (secondary N) is 2. The highest BCUT2D eigenvalue weighted by molar-refractivity contribution is 5.94. The largest absolute Gasteiger partial charge is 0.324 e. The van der Waals surface area contributed by atoms with Gasteiger partial charge in [-0.25, -0.2) is 4.68 Å². The van der Waals surface area contributed by atoms with Crippen LogP contribution in [0.1, 0.15) is 37.9 Å². The van der Waals surface area contributed by atoms with E-state index in [1.54, 1.807) is 39.0 Å². The molecule has 7 heteroatoms. The van der Waals surface area contributed by atoms with E-state index in [9.17, 15) is 14.4 Å². The average Bonchev–Trinajstić information content (AvgIpc) is 2.76. The van der Waals surface area contributed by atoms with Gasteiger partial charge in [0.25, 0.3) is 5.56 Å². The van der Waals surface area contributed by atoms with Crippen LogP contribution < -0.4 is 16.2 Å². The van der Waals surface area contributed by atoms with E-state index in [2.05, 4.69) is 15.7 Å². The van der Waals surface area contributed by atoms with Gasteiger partial charge in [-0.1, -0.05) is 61.4 Å². The zero-order valence-corrected chi connectivity index (χ0v) is 19.0. The molecule has 2 N–H and O–H groups in total. The van der Waals surface area contributed by atoms with Crippen LogP contribution in [0.15, 0.2) is 59.4 Å².